The minimum Gasteiger partial charge on any atom is -0.398 e. The van der Waals surface area contributed by atoms with Gasteiger partial charge in [0.15, 0.2) is 0 Å². The van der Waals surface area contributed by atoms with Crippen LogP contribution in [-0.4, -0.2) is 5.75 Å². The number of thioether (sulfide) groups is 1. The highest BCUT2D eigenvalue weighted by Crippen LogP contribution is 2.22. The van der Waals surface area contributed by atoms with Crippen molar-refractivity contribution in [2.45, 2.75) is 25.7 Å². The highest BCUT2D eigenvalue weighted by molar-refractivity contribution is 7.99. The van der Waals surface area contributed by atoms with Crippen LogP contribution in [0.25, 0.3) is 12.7 Å². The zero-order chi connectivity index (χ0) is 15.5. The van der Waals surface area contributed by atoms with Gasteiger partial charge in [-0.15, -0.1) is 11.8 Å². The lowest BCUT2D eigenvalue weighted by Crippen LogP contribution is -2.26. The Morgan fingerprint density at radius 1 is 1.30 bits per heavy atom. The molecule has 0 saturated heterocycles. The summed E-state index contributed by atoms with van der Waals surface area (Å²) in [5.41, 5.74) is 8.01. The van der Waals surface area contributed by atoms with Gasteiger partial charge in [-0.05, 0) is 29.0 Å². The molecule has 1 aromatic rings. The molecular weight excluding hydrogens is 262 g/mol. The molecule has 2 heteroatoms. The van der Waals surface area contributed by atoms with E-state index in [1.807, 2.05) is 45.1 Å². The molecule has 2 N–H and O–H groups in total. The third-order valence-corrected chi connectivity index (χ3v) is 3.84. The smallest absolute Gasteiger partial charge is 0.0458 e. The lowest BCUT2D eigenvalue weighted by Gasteiger charge is -2.07. The van der Waals surface area contributed by atoms with Gasteiger partial charge in [0.25, 0.3) is 0 Å². The summed E-state index contributed by atoms with van der Waals surface area (Å²) in [5, 5.41) is 2.02. The molecule has 0 bridgehead atoms. The maximum absolute atomic E-state index is 6.04. The molecule has 0 aliphatic heterocycles. The molecule has 1 aromatic carbocycles. The highest BCUT2D eigenvalue weighted by atomic mass is 32.2. The molecule has 1 rings (SSSR count). The number of rotatable bonds is 5. The number of benzene rings is 1. The van der Waals surface area contributed by atoms with Crippen LogP contribution in [-0.2, 0) is 0 Å². The summed E-state index contributed by atoms with van der Waals surface area (Å²) in [4.78, 5) is 1.06. The number of hydrogen-bond donors (Lipinski definition) is 1. The molecule has 0 atom stereocenters. The van der Waals surface area contributed by atoms with Crippen LogP contribution in [0.15, 0.2) is 54.0 Å². The second kappa shape index (κ2) is 10.2. The minimum absolute atomic E-state index is 0.778. The van der Waals surface area contributed by atoms with E-state index in [0.717, 1.165) is 26.8 Å². The van der Waals surface area contributed by atoms with Crippen molar-refractivity contribution >= 4 is 30.1 Å². The van der Waals surface area contributed by atoms with Gasteiger partial charge in [0.2, 0.25) is 0 Å². The van der Waals surface area contributed by atoms with Gasteiger partial charge in [-0.2, -0.15) is 0 Å². The van der Waals surface area contributed by atoms with Crippen LogP contribution in [0, 0.1) is 0 Å². The van der Waals surface area contributed by atoms with Crippen molar-refractivity contribution in [2.24, 2.45) is 0 Å². The third kappa shape index (κ3) is 5.14. The first-order valence-electron chi connectivity index (χ1n) is 6.74. The summed E-state index contributed by atoms with van der Waals surface area (Å²) in [6, 6.07) is 3.83. The van der Waals surface area contributed by atoms with E-state index in [2.05, 4.69) is 25.8 Å². The first-order chi connectivity index (χ1) is 9.63. The summed E-state index contributed by atoms with van der Waals surface area (Å²) in [5.74, 6) is 0.853. The molecule has 1 nitrogen and oxygen atoms in total. The van der Waals surface area contributed by atoms with E-state index in [1.165, 1.54) is 5.57 Å². The molecule has 0 unspecified atom stereocenters. The lowest BCUT2D eigenvalue weighted by molar-refractivity contribution is 1.34. The fourth-order valence-corrected chi connectivity index (χ4v) is 2.72. The van der Waals surface area contributed by atoms with Crippen LogP contribution in [0.3, 0.4) is 0 Å². The van der Waals surface area contributed by atoms with E-state index in [0.29, 0.717) is 0 Å². The summed E-state index contributed by atoms with van der Waals surface area (Å²) < 4.78 is 0. The topological polar surface area (TPSA) is 26.0 Å². The molecular formula is C18H25NS. The number of nitrogen functional groups attached to an aromatic ring is 1. The maximum Gasteiger partial charge on any atom is 0.0458 e. The largest absolute Gasteiger partial charge is 0.398 e. The molecule has 0 aliphatic rings. The number of allylic oxidation sites excluding steroid dienone is 3. The number of nitrogens with two attached hydrogens (primary N) is 1. The van der Waals surface area contributed by atoms with Crippen LogP contribution in [0.2, 0.25) is 0 Å². The van der Waals surface area contributed by atoms with Crippen molar-refractivity contribution in [1.29, 1.82) is 0 Å². The maximum atomic E-state index is 6.04. The second-order valence-electron chi connectivity index (χ2n) is 3.82. The van der Waals surface area contributed by atoms with E-state index in [4.69, 9.17) is 5.73 Å². The van der Waals surface area contributed by atoms with Gasteiger partial charge in [-0.1, -0.05) is 64.0 Å². The first kappa shape index (κ1) is 18.3. The summed E-state index contributed by atoms with van der Waals surface area (Å²) in [6.07, 6.45) is 7.64. The van der Waals surface area contributed by atoms with E-state index in [1.54, 1.807) is 17.8 Å². The summed E-state index contributed by atoms with van der Waals surface area (Å²) in [6.45, 7) is 17.6. The van der Waals surface area contributed by atoms with Crippen molar-refractivity contribution < 1.29 is 0 Å². The number of hydrogen-bond acceptors (Lipinski definition) is 2. The van der Waals surface area contributed by atoms with Gasteiger partial charge in [-0.3, -0.25) is 0 Å². The van der Waals surface area contributed by atoms with E-state index < -0.39 is 0 Å². The monoisotopic (exact) mass is 287 g/mol. The third-order valence-electron chi connectivity index (χ3n) is 2.62. The van der Waals surface area contributed by atoms with Crippen molar-refractivity contribution in [1.82, 2.24) is 0 Å². The average molecular weight is 287 g/mol. The van der Waals surface area contributed by atoms with Crippen molar-refractivity contribution in [2.75, 3.05) is 11.5 Å². The molecule has 0 amide bonds. The van der Waals surface area contributed by atoms with Crippen LogP contribution >= 0.6 is 11.8 Å². The average Bonchev–Trinajstić information content (AvgIpc) is 2.48. The SMILES string of the molecule is C=C/C=c1/c(SC/C(C=C)=C/C)c(N)ccc1=C.CC. The van der Waals surface area contributed by atoms with Gasteiger partial charge < -0.3 is 5.73 Å². The van der Waals surface area contributed by atoms with Gasteiger partial charge in [0.05, 0.1) is 0 Å². The molecule has 0 spiro atoms. The predicted octanol–water partition coefficient (Wildman–Crippen LogP) is 3.90. The predicted molar refractivity (Wildman–Crippen MR) is 96.3 cm³/mol. The Labute approximate surface area is 127 Å². The van der Waals surface area contributed by atoms with Gasteiger partial charge in [0, 0.05) is 16.3 Å². The van der Waals surface area contributed by atoms with Crippen LogP contribution < -0.4 is 16.2 Å². The normalized spacial score (nSPS) is 11.6. The Balaban J connectivity index is 0.00000172. The van der Waals surface area contributed by atoms with Gasteiger partial charge in [-0.25, -0.2) is 0 Å². The molecule has 20 heavy (non-hydrogen) atoms. The molecule has 0 aromatic heterocycles. The fourth-order valence-electron chi connectivity index (χ4n) is 1.53. The molecule has 0 heterocycles. The molecule has 0 fully saturated rings. The zero-order valence-corrected chi connectivity index (χ0v) is 13.6. The molecule has 0 radical (unpaired) electrons. The first-order valence-corrected chi connectivity index (χ1v) is 7.73. The molecule has 0 saturated carbocycles. The Morgan fingerprint density at radius 3 is 2.45 bits per heavy atom. The zero-order valence-electron chi connectivity index (χ0n) is 12.8. The highest BCUT2D eigenvalue weighted by Gasteiger charge is 2.03. The Bertz CT molecular complexity index is 582. The van der Waals surface area contributed by atoms with Crippen molar-refractivity contribution in [3.05, 3.63) is 59.5 Å². The number of anilines is 1. The van der Waals surface area contributed by atoms with E-state index in [9.17, 15) is 0 Å². The minimum atomic E-state index is 0.778. The Morgan fingerprint density at radius 2 is 1.95 bits per heavy atom. The van der Waals surface area contributed by atoms with Crippen LogP contribution in [0.1, 0.15) is 20.8 Å². The standard InChI is InChI=1S/C16H19NS.C2H6/c1-5-8-14-12(4)9-10-15(17)16(14)18-11-13(6-2)7-3;1-2/h5-10H,1-2,4,11,17H2,3H3;1-2H3/b13-7+,14-8+;. The summed E-state index contributed by atoms with van der Waals surface area (Å²) >= 11 is 1.70. The van der Waals surface area contributed by atoms with Crippen molar-refractivity contribution in [3.63, 3.8) is 0 Å². The molecule has 108 valence electrons. The fraction of sp³-hybridized carbons (Fsp3) is 0.222. The lowest BCUT2D eigenvalue weighted by atomic mass is 10.2. The molecule has 0 aliphatic carbocycles. The Kier molecular flexibility index (Phi) is 9.31. The quantitative estimate of drug-likeness (QED) is 0.505. The Hall–Kier alpha value is -1.67. The van der Waals surface area contributed by atoms with E-state index >= 15 is 0 Å². The van der Waals surface area contributed by atoms with Crippen molar-refractivity contribution in [3.8, 4) is 0 Å². The van der Waals surface area contributed by atoms with Crippen LogP contribution in [0.5, 0.6) is 0 Å². The summed E-state index contributed by atoms with van der Waals surface area (Å²) in [7, 11) is 0. The second-order valence-corrected chi connectivity index (χ2v) is 4.80. The van der Waals surface area contributed by atoms with Gasteiger partial charge >= 0.3 is 0 Å². The van der Waals surface area contributed by atoms with Crippen LogP contribution in [0.4, 0.5) is 5.69 Å². The van der Waals surface area contributed by atoms with Gasteiger partial charge in [0.1, 0.15) is 0 Å². The van der Waals surface area contributed by atoms with E-state index in [-0.39, 0.29) is 0 Å².